The van der Waals surface area contributed by atoms with E-state index in [1.807, 2.05) is 0 Å². The van der Waals surface area contributed by atoms with Crippen LogP contribution in [0.1, 0.15) is 12.8 Å². The van der Waals surface area contributed by atoms with Crippen molar-refractivity contribution in [3.8, 4) is 5.75 Å². The summed E-state index contributed by atoms with van der Waals surface area (Å²) >= 11 is 5.91. The van der Waals surface area contributed by atoms with Crippen LogP contribution in [0.2, 0.25) is 5.02 Å². The van der Waals surface area contributed by atoms with Crippen LogP contribution in [0.15, 0.2) is 18.2 Å². The smallest absolute Gasteiger partial charge is 0.335 e. The summed E-state index contributed by atoms with van der Waals surface area (Å²) in [5.41, 5.74) is 0.399. The number of carbonyl (C=O) groups excluding carboxylic acids is 3. The molecule has 0 spiro atoms. The topological polar surface area (TPSA) is 94.2 Å². The third-order valence-electron chi connectivity index (χ3n) is 3.77. The van der Waals surface area contributed by atoms with E-state index in [1.165, 1.54) is 14.2 Å². The largest absolute Gasteiger partial charge is 0.495 e. The first-order valence-corrected chi connectivity index (χ1v) is 8.44. The molecule has 0 aromatic heterocycles. The molecule has 1 atom stereocenters. The van der Waals surface area contributed by atoms with Crippen LogP contribution in [-0.2, 0) is 23.9 Å². The van der Waals surface area contributed by atoms with Crippen LogP contribution in [0.25, 0.3) is 0 Å². The van der Waals surface area contributed by atoms with Crippen molar-refractivity contribution in [3.05, 3.63) is 23.2 Å². The lowest BCUT2D eigenvalue weighted by Gasteiger charge is -2.18. The Morgan fingerprint density at radius 3 is 2.81 bits per heavy atom. The first-order valence-electron chi connectivity index (χ1n) is 8.06. The molecule has 8 nitrogen and oxygen atoms in total. The average Bonchev–Trinajstić information content (AvgIpc) is 3.14. The third kappa shape index (κ3) is 5.60. The summed E-state index contributed by atoms with van der Waals surface area (Å²) in [5.74, 6) is -1.05. The monoisotopic (exact) mass is 384 g/mol. The fourth-order valence-corrected chi connectivity index (χ4v) is 2.54. The van der Waals surface area contributed by atoms with Crippen molar-refractivity contribution in [2.75, 3.05) is 39.2 Å². The van der Waals surface area contributed by atoms with Gasteiger partial charge in [-0.3, -0.25) is 9.59 Å². The molecule has 0 unspecified atom stereocenters. The summed E-state index contributed by atoms with van der Waals surface area (Å²) in [6.45, 7) is -0.143. The van der Waals surface area contributed by atoms with E-state index in [1.54, 1.807) is 18.2 Å². The van der Waals surface area contributed by atoms with E-state index >= 15 is 0 Å². The Bertz CT molecular complexity index is 675. The van der Waals surface area contributed by atoms with Crippen molar-refractivity contribution >= 4 is 35.1 Å². The first kappa shape index (κ1) is 20.0. The van der Waals surface area contributed by atoms with Gasteiger partial charge in [-0.2, -0.15) is 0 Å². The minimum absolute atomic E-state index is 0.216. The maximum atomic E-state index is 12.1. The van der Waals surface area contributed by atoms with Crippen molar-refractivity contribution in [3.63, 3.8) is 0 Å². The number of nitrogens with zero attached hydrogens (tertiary/aromatic N) is 1. The first-order chi connectivity index (χ1) is 12.4. The summed E-state index contributed by atoms with van der Waals surface area (Å²) < 4.78 is 15.3. The number of carbonyl (C=O) groups is 3. The molecule has 142 valence electrons. The molecule has 0 saturated carbocycles. The normalized spacial score (nSPS) is 16.0. The molecule has 0 bridgehead atoms. The van der Waals surface area contributed by atoms with E-state index in [9.17, 15) is 14.4 Å². The number of ether oxygens (including phenoxy) is 3. The predicted octanol–water partition coefficient (Wildman–Crippen LogP) is 1.47. The number of hydrogen-bond donors (Lipinski definition) is 1. The zero-order valence-corrected chi connectivity index (χ0v) is 15.4. The van der Waals surface area contributed by atoms with Gasteiger partial charge in [0.05, 0.1) is 19.3 Å². The van der Waals surface area contributed by atoms with E-state index in [0.29, 0.717) is 29.5 Å². The van der Waals surface area contributed by atoms with Gasteiger partial charge in [0.2, 0.25) is 5.91 Å². The summed E-state index contributed by atoms with van der Waals surface area (Å²) in [6.07, 6.45) is 0.778. The van der Waals surface area contributed by atoms with Crippen molar-refractivity contribution in [1.29, 1.82) is 0 Å². The van der Waals surface area contributed by atoms with E-state index in [2.05, 4.69) is 5.32 Å². The summed E-state index contributed by atoms with van der Waals surface area (Å²) in [7, 11) is 2.91. The van der Waals surface area contributed by atoms with Gasteiger partial charge in [-0.05, 0) is 31.0 Å². The average molecular weight is 385 g/mol. The van der Waals surface area contributed by atoms with Crippen LogP contribution in [0, 0.1) is 0 Å². The number of esters is 1. The number of anilines is 1. The van der Waals surface area contributed by atoms with Gasteiger partial charge < -0.3 is 24.4 Å². The van der Waals surface area contributed by atoms with Crippen molar-refractivity contribution < 1.29 is 28.6 Å². The van der Waals surface area contributed by atoms with Gasteiger partial charge in [-0.1, -0.05) is 11.6 Å². The highest BCUT2D eigenvalue weighted by Gasteiger charge is 2.26. The molecule has 1 aromatic rings. The Labute approximate surface area is 156 Å². The fraction of sp³-hybridized carbons (Fsp3) is 0.471. The maximum Gasteiger partial charge on any atom is 0.335 e. The minimum Gasteiger partial charge on any atom is -0.495 e. The number of hydrogen-bond acceptors (Lipinski definition) is 6. The molecule has 0 aliphatic carbocycles. The van der Waals surface area contributed by atoms with Crippen LogP contribution in [0.5, 0.6) is 5.75 Å². The van der Waals surface area contributed by atoms with Gasteiger partial charge in [0.15, 0.2) is 12.7 Å². The highest BCUT2D eigenvalue weighted by Crippen LogP contribution is 2.27. The molecule has 2 amide bonds. The minimum atomic E-state index is -0.605. The third-order valence-corrected chi connectivity index (χ3v) is 4.01. The van der Waals surface area contributed by atoms with Crippen molar-refractivity contribution in [2.24, 2.45) is 0 Å². The highest BCUT2D eigenvalue weighted by atomic mass is 35.5. The molecule has 0 radical (unpaired) electrons. The molecule has 1 aromatic carbocycles. The molecular weight excluding hydrogens is 364 g/mol. The maximum absolute atomic E-state index is 12.1. The molecule has 1 fully saturated rings. The molecular formula is C17H21ClN2O6. The van der Waals surface area contributed by atoms with Gasteiger partial charge in [0.1, 0.15) is 5.75 Å². The van der Waals surface area contributed by atoms with Crippen molar-refractivity contribution in [1.82, 2.24) is 4.90 Å². The number of amides is 2. The quantitative estimate of drug-likeness (QED) is 0.715. The standard InChI is InChI=1S/C17H21ClN2O6/c1-20(16(22)10-26-17(23)14-4-3-7-25-14)9-15(21)19-12-8-11(18)5-6-13(12)24-2/h5-6,8,14H,3-4,7,9-10H2,1-2H3,(H,19,21)/t14-/m1/s1. The summed E-state index contributed by atoms with van der Waals surface area (Å²) in [5, 5.41) is 3.06. The lowest BCUT2D eigenvalue weighted by atomic mass is 10.2. The summed E-state index contributed by atoms with van der Waals surface area (Å²) in [4.78, 5) is 37.0. The molecule has 1 heterocycles. The zero-order valence-electron chi connectivity index (χ0n) is 14.6. The van der Waals surface area contributed by atoms with Crippen LogP contribution in [-0.4, -0.2) is 62.7 Å². The second-order valence-corrected chi connectivity index (χ2v) is 6.19. The SMILES string of the molecule is COc1ccc(Cl)cc1NC(=O)CN(C)C(=O)COC(=O)[C@H]1CCCO1. The second-order valence-electron chi connectivity index (χ2n) is 5.75. The Hall–Kier alpha value is -2.32. The highest BCUT2D eigenvalue weighted by molar-refractivity contribution is 6.31. The van der Waals surface area contributed by atoms with Crippen LogP contribution >= 0.6 is 11.6 Å². The number of benzene rings is 1. The molecule has 1 saturated heterocycles. The van der Waals surface area contributed by atoms with E-state index < -0.39 is 30.5 Å². The zero-order chi connectivity index (χ0) is 19.1. The molecule has 1 aliphatic rings. The van der Waals surface area contributed by atoms with E-state index in [-0.39, 0.29) is 6.54 Å². The van der Waals surface area contributed by atoms with E-state index in [0.717, 1.165) is 11.3 Å². The van der Waals surface area contributed by atoms with Crippen LogP contribution < -0.4 is 10.1 Å². The summed E-state index contributed by atoms with van der Waals surface area (Å²) in [6, 6.07) is 4.80. The molecule has 2 rings (SSSR count). The lowest BCUT2D eigenvalue weighted by Crippen LogP contribution is -2.38. The van der Waals surface area contributed by atoms with Gasteiger partial charge in [0, 0.05) is 18.7 Å². The number of nitrogens with one attached hydrogen (secondary N) is 1. The fourth-order valence-electron chi connectivity index (χ4n) is 2.37. The number of likely N-dealkylation sites (N-methyl/N-ethyl adjacent to an activating group) is 1. The number of methoxy groups -OCH3 is 1. The van der Waals surface area contributed by atoms with Crippen molar-refractivity contribution in [2.45, 2.75) is 18.9 Å². The Balaban J connectivity index is 1.81. The Morgan fingerprint density at radius 1 is 1.38 bits per heavy atom. The van der Waals surface area contributed by atoms with E-state index in [4.69, 9.17) is 25.8 Å². The van der Waals surface area contributed by atoms with Gasteiger partial charge in [-0.25, -0.2) is 4.79 Å². The lowest BCUT2D eigenvalue weighted by molar-refractivity contribution is -0.159. The second kappa shape index (κ2) is 9.40. The molecule has 1 N–H and O–H groups in total. The van der Waals surface area contributed by atoms with Crippen LogP contribution in [0.3, 0.4) is 0 Å². The predicted molar refractivity (Wildman–Crippen MR) is 94.2 cm³/mol. The van der Waals surface area contributed by atoms with Gasteiger partial charge >= 0.3 is 5.97 Å². The molecule has 9 heteroatoms. The van der Waals surface area contributed by atoms with Gasteiger partial charge in [0.25, 0.3) is 5.91 Å². The molecule has 1 aliphatic heterocycles. The number of rotatable bonds is 7. The Morgan fingerprint density at radius 2 is 2.15 bits per heavy atom. The molecule has 26 heavy (non-hydrogen) atoms. The number of halogens is 1. The van der Waals surface area contributed by atoms with Gasteiger partial charge in [-0.15, -0.1) is 0 Å². The van der Waals surface area contributed by atoms with Crippen LogP contribution in [0.4, 0.5) is 5.69 Å². The Kier molecular flexibility index (Phi) is 7.23.